The van der Waals surface area contributed by atoms with Gasteiger partial charge in [-0.3, -0.25) is 4.90 Å². The predicted octanol–water partition coefficient (Wildman–Crippen LogP) is 4.46. The van der Waals surface area contributed by atoms with Crippen LogP contribution in [0.25, 0.3) is 11.1 Å². The van der Waals surface area contributed by atoms with Crippen LogP contribution in [0.3, 0.4) is 0 Å². The van der Waals surface area contributed by atoms with Gasteiger partial charge in [0.2, 0.25) is 0 Å². The van der Waals surface area contributed by atoms with Gasteiger partial charge in [-0.25, -0.2) is 0 Å². The van der Waals surface area contributed by atoms with E-state index in [-0.39, 0.29) is 6.04 Å². The maximum atomic E-state index is 6.51. The van der Waals surface area contributed by atoms with Crippen molar-refractivity contribution in [3.8, 4) is 28.4 Å². The SMILES string of the molecule is COc1cc(OCc2cccc(-c3ccccc3)c2C)cc(OC)c1CC(N)CN1CCOCC1. The Kier molecular flexibility index (Phi) is 8.64. The Labute approximate surface area is 208 Å². The minimum Gasteiger partial charge on any atom is -0.496 e. The van der Waals surface area contributed by atoms with Crippen LogP contribution < -0.4 is 19.9 Å². The van der Waals surface area contributed by atoms with Gasteiger partial charge in [0.05, 0.1) is 27.4 Å². The highest BCUT2D eigenvalue weighted by atomic mass is 16.5. The average molecular weight is 477 g/mol. The summed E-state index contributed by atoms with van der Waals surface area (Å²) in [4.78, 5) is 2.34. The van der Waals surface area contributed by atoms with Gasteiger partial charge >= 0.3 is 0 Å². The zero-order chi connectivity index (χ0) is 24.6. The molecule has 0 saturated carbocycles. The van der Waals surface area contributed by atoms with E-state index >= 15 is 0 Å². The molecule has 0 amide bonds. The third-order valence-corrected chi connectivity index (χ3v) is 6.57. The predicted molar refractivity (Wildman–Crippen MR) is 139 cm³/mol. The molecule has 6 nitrogen and oxygen atoms in total. The molecule has 1 saturated heterocycles. The highest BCUT2D eigenvalue weighted by Gasteiger charge is 2.20. The highest BCUT2D eigenvalue weighted by molar-refractivity contribution is 5.68. The second kappa shape index (κ2) is 12.1. The lowest BCUT2D eigenvalue weighted by Crippen LogP contribution is -2.44. The fourth-order valence-electron chi connectivity index (χ4n) is 4.62. The molecule has 0 spiro atoms. The molecule has 1 fully saturated rings. The second-order valence-electron chi connectivity index (χ2n) is 8.93. The Balaban J connectivity index is 1.48. The number of methoxy groups -OCH3 is 2. The molecule has 0 aromatic heterocycles. The Morgan fingerprint density at radius 2 is 1.63 bits per heavy atom. The first-order valence-corrected chi connectivity index (χ1v) is 12.2. The normalized spacial score (nSPS) is 15.0. The van der Waals surface area contributed by atoms with Gasteiger partial charge < -0.3 is 24.7 Å². The fraction of sp³-hybridized carbons (Fsp3) is 0.379. The Morgan fingerprint density at radius 1 is 0.943 bits per heavy atom. The van der Waals surface area contributed by atoms with Gasteiger partial charge in [-0.1, -0.05) is 48.5 Å². The Hall–Kier alpha value is -3.06. The number of rotatable bonds is 10. The van der Waals surface area contributed by atoms with Crippen LogP contribution in [0.2, 0.25) is 0 Å². The summed E-state index contributed by atoms with van der Waals surface area (Å²) in [7, 11) is 3.34. The quantitative estimate of drug-likeness (QED) is 0.466. The van der Waals surface area contributed by atoms with Gasteiger partial charge in [-0.15, -0.1) is 0 Å². The largest absolute Gasteiger partial charge is 0.496 e. The first kappa shape index (κ1) is 25.0. The van der Waals surface area contributed by atoms with Crippen molar-refractivity contribution in [3.63, 3.8) is 0 Å². The summed E-state index contributed by atoms with van der Waals surface area (Å²) in [6.45, 7) is 6.76. The lowest BCUT2D eigenvalue weighted by atomic mass is 9.97. The van der Waals surface area contributed by atoms with Crippen LogP contribution in [0.15, 0.2) is 60.7 Å². The van der Waals surface area contributed by atoms with Gasteiger partial charge in [-0.2, -0.15) is 0 Å². The third-order valence-electron chi connectivity index (χ3n) is 6.57. The van der Waals surface area contributed by atoms with E-state index in [1.165, 1.54) is 16.7 Å². The summed E-state index contributed by atoms with van der Waals surface area (Å²) in [6, 6.07) is 20.6. The molecule has 0 bridgehead atoms. The molecule has 1 aliphatic rings. The lowest BCUT2D eigenvalue weighted by molar-refractivity contribution is 0.0353. The van der Waals surface area contributed by atoms with Gasteiger partial charge in [0.15, 0.2) is 0 Å². The first-order chi connectivity index (χ1) is 17.1. The number of ether oxygens (including phenoxy) is 4. The summed E-state index contributed by atoms with van der Waals surface area (Å²) >= 11 is 0. The molecule has 3 aromatic carbocycles. The van der Waals surface area contributed by atoms with E-state index in [9.17, 15) is 0 Å². The molecular formula is C29H36N2O4. The van der Waals surface area contributed by atoms with E-state index in [4.69, 9.17) is 24.7 Å². The fourth-order valence-corrected chi connectivity index (χ4v) is 4.62. The molecule has 35 heavy (non-hydrogen) atoms. The van der Waals surface area contributed by atoms with Crippen LogP contribution in [-0.2, 0) is 17.8 Å². The molecular weight excluding hydrogens is 440 g/mol. The number of morpholine rings is 1. The minimum atomic E-state index is -0.0361. The average Bonchev–Trinajstić information content (AvgIpc) is 2.89. The maximum Gasteiger partial charge on any atom is 0.129 e. The van der Waals surface area contributed by atoms with Crippen molar-refractivity contribution >= 4 is 0 Å². The molecule has 1 unspecified atom stereocenters. The van der Waals surface area contributed by atoms with Crippen molar-refractivity contribution in [2.45, 2.75) is 26.0 Å². The smallest absolute Gasteiger partial charge is 0.129 e. The molecule has 1 heterocycles. The molecule has 6 heteroatoms. The van der Waals surface area contributed by atoms with Crippen molar-refractivity contribution in [1.29, 1.82) is 0 Å². The first-order valence-electron chi connectivity index (χ1n) is 12.2. The van der Waals surface area contributed by atoms with Crippen molar-refractivity contribution in [2.75, 3.05) is 47.1 Å². The summed E-state index contributed by atoms with van der Waals surface area (Å²) in [6.07, 6.45) is 0.655. The van der Waals surface area contributed by atoms with E-state index in [1.54, 1.807) is 14.2 Å². The van der Waals surface area contributed by atoms with Gasteiger partial charge in [0.25, 0.3) is 0 Å². The van der Waals surface area contributed by atoms with E-state index < -0.39 is 0 Å². The zero-order valence-electron chi connectivity index (χ0n) is 21.0. The molecule has 2 N–H and O–H groups in total. The van der Waals surface area contributed by atoms with Gasteiger partial charge in [0.1, 0.15) is 23.9 Å². The Morgan fingerprint density at radius 3 is 2.29 bits per heavy atom. The summed E-state index contributed by atoms with van der Waals surface area (Å²) in [5.74, 6) is 2.16. The van der Waals surface area contributed by atoms with Crippen LogP contribution in [0.5, 0.6) is 17.2 Å². The second-order valence-corrected chi connectivity index (χ2v) is 8.93. The lowest BCUT2D eigenvalue weighted by Gasteiger charge is -2.29. The number of benzene rings is 3. The number of hydrogen-bond donors (Lipinski definition) is 1. The van der Waals surface area contributed by atoms with Crippen molar-refractivity contribution < 1.29 is 18.9 Å². The summed E-state index contributed by atoms with van der Waals surface area (Å²) < 4.78 is 23.1. The summed E-state index contributed by atoms with van der Waals surface area (Å²) in [5.41, 5.74) is 12.2. The van der Waals surface area contributed by atoms with Crippen LogP contribution >= 0.6 is 0 Å². The van der Waals surface area contributed by atoms with Crippen molar-refractivity contribution in [3.05, 3.63) is 77.4 Å². The standard InChI is InChI=1S/C29H36N2O4/c1-21-23(10-7-11-26(21)22-8-5-4-6-9-22)20-35-25-17-28(32-2)27(29(18-25)33-3)16-24(30)19-31-12-14-34-15-13-31/h4-11,17-18,24H,12-16,19-20,30H2,1-3H3. The monoisotopic (exact) mass is 476 g/mol. The van der Waals surface area contributed by atoms with E-state index in [0.29, 0.717) is 18.8 Å². The van der Waals surface area contributed by atoms with Gasteiger partial charge in [0, 0.05) is 43.4 Å². The number of nitrogens with zero attached hydrogens (tertiary/aromatic N) is 1. The number of nitrogens with two attached hydrogens (primary N) is 1. The minimum absolute atomic E-state index is 0.0361. The summed E-state index contributed by atoms with van der Waals surface area (Å²) in [5, 5.41) is 0. The van der Waals surface area contributed by atoms with E-state index in [0.717, 1.165) is 55.5 Å². The molecule has 0 radical (unpaired) electrons. The van der Waals surface area contributed by atoms with Crippen LogP contribution in [0.4, 0.5) is 0 Å². The Bertz CT molecular complexity index is 1070. The van der Waals surface area contributed by atoms with Gasteiger partial charge in [-0.05, 0) is 35.6 Å². The van der Waals surface area contributed by atoms with E-state index in [1.807, 2.05) is 18.2 Å². The molecule has 4 rings (SSSR count). The maximum absolute atomic E-state index is 6.51. The zero-order valence-corrected chi connectivity index (χ0v) is 21.0. The van der Waals surface area contributed by atoms with Crippen LogP contribution in [0, 0.1) is 6.92 Å². The topological polar surface area (TPSA) is 66.2 Å². The molecule has 1 aliphatic heterocycles. The van der Waals surface area contributed by atoms with Crippen molar-refractivity contribution in [1.82, 2.24) is 4.90 Å². The van der Waals surface area contributed by atoms with Crippen LogP contribution in [-0.4, -0.2) is 58.0 Å². The van der Waals surface area contributed by atoms with Crippen LogP contribution in [0.1, 0.15) is 16.7 Å². The van der Waals surface area contributed by atoms with Crippen molar-refractivity contribution in [2.24, 2.45) is 5.73 Å². The third kappa shape index (κ3) is 6.34. The molecule has 186 valence electrons. The molecule has 3 aromatic rings. The molecule has 1 atom stereocenters. The van der Waals surface area contributed by atoms with E-state index in [2.05, 4.69) is 54.3 Å². The molecule has 0 aliphatic carbocycles. The highest BCUT2D eigenvalue weighted by Crippen LogP contribution is 2.36. The number of hydrogen-bond acceptors (Lipinski definition) is 6.